The number of anilines is 1. The van der Waals surface area contributed by atoms with Gasteiger partial charge in [-0.1, -0.05) is 0 Å². The molecule has 7 nitrogen and oxygen atoms in total. The molecule has 1 saturated heterocycles. The third-order valence-electron chi connectivity index (χ3n) is 3.66. The van der Waals surface area contributed by atoms with Crippen molar-refractivity contribution in [2.24, 2.45) is 0 Å². The lowest BCUT2D eigenvalue weighted by atomic mass is 10.2. The molecule has 132 valence electrons. The molecular weight excluding hydrogens is 329 g/mol. The van der Waals surface area contributed by atoms with Gasteiger partial charge in [0.1, 0.15) is 0 Å². The zero-order valence-corrected chi connectivity index (χ0v) is 12.9. The molecule has 0 radical (unpaired) electrons. The van der Waals surface area contributed by atoms with E-state index in [-0.39, 0.29) is 24.8 Å². The Bertz CT molecular complexity index is 636. The number of halogens is 3. The zero-order valence-electron chi connectivity index (χ0n) is 12.9. The number of nitro groups is 1. The van der Waals surface area contributed by atoms with E-state index in [1.165, 1.54) is 23.1 Å². The van der Waals surface area contributed by atoms with Crippen LogP contribution in [-0.4, -0.2) is 47.7 Å². The molecule has 1 atom stereocenters. The van der Waals surface area contributed by atoms with Crippen molar-refractivity contribution < 1.29 is 22.9 Å². The van der Waals surface area contributed by atoms with E-state index in [1.54, 1.807) is 6.92 Å². The van der Waals surface area contributed by atoms with Gasteiger partial charge in [0, 0.05) is 36.4 Å². The zero-order chi connectivity index (χ0) is 17.9. The highest BCUT2D eigenvalue weighted by atomic mass is 19.4. The van der Waals surface area contributed by atoms with Gasteiger partial charge in [-0.2, -0.15) is 13.2 Å². The van der Waals surface area contributed by atoms with Crippen molar-refractivity contribution in [2.75, 3.05) is 25.0 Å². The maximum atomic E-state index is 12.3. The fraction of sp³-hybridized carbons (Fsp3) is 0.500. The number of nitro benzene ring substituents is 1. The predicted molar refractivity (Wildman–Crippen MR) is 80.9 cm³/mol. The van der Waals surface area contributed by atoms with Gasteiger partial charge >= 0.3 is 12.2 Å². The lowest BCUT2D eigenvalue weighted by Gasteiger charge is -2.18. The van der Waals surface area contributed by atoms with Crippen LogP contribution >= 0.6 is 0 Å². The highest BCUT2D eigenvalue weighted by Crippen LogP contribution is 2.22. The Labute approximate surface area is 136 Å². The van der Waals surface area contributed by atoms with E-state index < -0.39 is 23.7 Å². The Morgan fingerprint density at radius 3 is 2.75 bits per heavy atom. The van der Waals surface area contributed by atoms with Crippen LogP contribution in [0.4, 0.5) is 29.3 Å². The molecule has 0 aromatic heterocycles. The van der Waals surface area contributed by atoms with Crippen molar-refractivity contribution in [3.05, 3.63) is 33.9 Å². The fourth-order valence-corrected chi connectivity index (χ4v) is 2.64. The number of carbonyl (C=O) groups is 1. The summed E-state index contributed by atoms with van der Waals surface area (Å²) in [6.45, 7) is 0.953. The van der Waals surface area contributed by atoms with Crippen LogP contribution in [0.1, 0.15) is 12.0 Å². The second-order valence-electron chi connectivity index (χ2n) is 5.69. The van der Waals surface area contributed by atoms with Crippen LogP contribution in [0.3, 0.4) is 0 Å². The van der Waals surface area contributed by atoms with Crippen LogP contribution in [-0.2, 0) is 0 Å². The molecule has 2 rings (SSSR count). The molecule has 0 bridgehead atoms. The van der Waals surface area contributed by atoms with E-state index in [1.807, 2.05) is 0 Å². The Morgan fingerprint density at radius 2 is 2.17 bits per heavy atom. The predicted octanol–water partition coefficient (Wildman–Crippen LogP) is 2.66. The number of urea groups is 1. The van der Waals surface area contributed by atoms with Crippen LogP contribution in [0.25, 0.3) is 0 Å². The Morgan fingerprint density at radius 1 is 1.46 bits per heavy atom. The number of hydrogen-bond donors (Lipinski definition) is 2. The quantitative estimate of drug-likeness (QED) is 0.648. The molecule has 10 heteroatoms. The fourth-order valence-electron chi connectivity index (χ4n) is 2.64. The molecule has 24 heavy (non-hydrogen) atoms. The number of amides is 2. The molecule has 1 fully saturated rings. The Balaban J connectivity index is 1.86. The molecule has 0 saturated carbocycles. The van der Waals surface area contributed by atoms with Crippen molar-refractivity contribution in [1.82, 2.24) is 10.2 Å². The van der Waals surface area contributed by atoms with Crippen molar-refractivity contribution in [1.29, 1.82) is 0 Å². The third-order valence-corrected chi connectivity index (χ3v) is 3.66. The summed E-state index contributed by atoms with van der Waals surface area (Å²) in [7, 11) is 0. The van der Waals surface area contributed by atoms with Crippen molar-refractivity contribution >= 4 is 17.4 Å². The number of alkyl halides is 3. The number of hydrogen-bond acceptors (Lipinski definition) is 4. The van der Waals surface area contributed by atoms with E-state index in [4.69, 9.17) is 0 Å². The lowest BCUT2D eigenvalue weighted by Crippen LogP contribution is -2.41. The molecule has 1 aliphatic heterocycles. The summed E-state index contributed by atoms with van der Waals surface area (Å²) in [5.74, 6) is 0. The highest BCUT2D eigenvalue weighted by Gasteiger charge is 2.34. The van der Waals surface area contributed by atoms with Crippen molar-refractivity contribution in [2.45, 2.75) is 25.6 Å². The number of carbonyl (C=O) groups excluding carboxylic acids is 1. The van der Waals surface area contributed by atoms with Crippen molar-refractivity contribution in [3.8, 4) is 0 Å². The molecule has 0 unspecified atom stereocenters. The molecule has 1 aromatic rings. The van der Waals surface area contributed by atoms with Crippen LogP contribution in [0, 0.1) is 17.0 Å². The van der Waals surface area contributed by atoms with E-state index in [0.29, 0.717) is 17.7 Å². The molecule has 2 amide bonds. The minimum absolute atomic E-state index is 0.0560. The summed E-state index contributed by atoms with van der Waals surface area (Å²) >= 11 is 0. The molecule has 1 aromatic carbocycles. The maximum absolute atomic E-state index is 12.3. The summed E-state index contributed by atoms with van der Waals surface area (Å²) in [5, 5.41) is 15.9. The van der Waals surface area contributed by atoms with Gasteiger partial charge in [-0.25, -0.2) is 4.79 Å². The minimum Gasteiger partial charge on any atom is -0.334 e. The minimum atomic E-state index is -4.26. The van der Waals surface area contributed by atoms with E-state index in [2.05, 4.69) is 10.6 Å². The Kier molecular flexibility index (Phi) is 5.27. The first kappa shape index (κ1) is 18.0. The van der Waals surface area contributed by atoms with Gasteiger partial charge in [0.05, 0.1) is 11.5 Å². The summed E-state index contributed by atoms with van der Waals surface area (Å²) in [5.41, 5.74) is 0.718. The van der Waals surface area contributed by atoms with E-state index >= 15 is 0 Å². The van der Waals surface area contributed by atoms with Crippen LogP contribution in [0.5, 0.6) is 0 Å². The van der Waals surface area contributed by atoms with Gasteiger partial charge in [-0.05, 0) is 25.5 Å². The smallest absolute Gasteiger partial charge is 0.334 e. The monoisotopic (exact) mass is 346 g/mol. The molecule has 1 aliphatic rings. The molecule has 1 heterocycles. The van der Waals surface area contributed by atoms with Crippen molar-refractivity contribution in [3.63, 3.8) is 0 Å². The average Bonchev–Trinajstić information content (AvgIpc) is 2.82. The largest absolute Gasteiger partial charge is 0.401 e. The number of nitrogens with one attached hydrogen (secondary N) is 2. The lowest BCUT2D eigenvalue weighted by molar-refractivity contribution is -0.385. The number of rotatable bonds is 4. The summed E-state index contributed by atoms with van der Waals surface area (Å²) < 4.78 is 37.0. The SMILES string of the molecule is Cc1cc(NC(=O)N[C@H]2CCN(CC(F)(F)F)C2)ccc1[N+](=O)[O-]. The van der Waals surface area contributed by atoms with Crippen LogP contribution < -0.4 is 10.6 Å². The normalized spacial score (nSPS) is 18.4. The first-order valence-electron chi connectivity index (χ1n) is 7.26. The number of likely N-dealkylation sites (tertiary alicyclic amines) is 1. The summed E-state index contributed by atoms with van der Waals surface area (Å²) in [6.07, 6.45) is -3.82. The number of benzene rings is 1. The third kappa shape index (κ3) is 5.08. The molecule has 0 aliphatic carbocycles. The first-order chi connectivity index (χ1) is 11.1. The van der Waals surface area contributed by atoms with E-state index in [9.17, 15) is 28.1 Å². The topological polar surface area (TPSA) is 87.5 Å². The van der Waals surface area contributed by atoms with Gasteiger partial charge < -0.3 is 10.6 Å². The second kappa shape index (κ2) is 7.04. The summed E-state index contributed by atoms with van der Waals surface area (Å²) in [4.78, 5) is 23.3. The average molecular weight is 346 g/mol. The van der Waals surface area contributed by atoms with Gasteiger partial charge in [0.25, 0.3) is 5.69 Å². The van der Waals surface area contributed by atoms with Crippen LogP contribution in [0.2, 0.25) is 0 Å². The van der Waals surface area contributed by atoms with Gasteiger partial charge in [0.15, 0.2) is 0 Å². The van der Waals surface area contributed by atoms with Gasteiger partial charge in [0.2, 0.25) is 0 Å². The van der Waals surface area contributed by atoms with Gasteiger partial charge in [-0.15, -0.1) is 0 Å². The Hall–Kier alpha value is -2.36. The second-order valence-corrected chi connectivity index (χ2v) is 5.69. The number of aryl methyl sites for hydroxylation is 1. The van der Waals surface area contributed by atoms with Gasteiger partial charge in [-0.3, -0.25) is 15.0 Å². The standard InChI is InChI=1S/C14H17F3N4O3/c1-9-6-10(2-3-12(9)21(23)24)18-13(22)19-11-4-5-20(7-11)8-14(15,16)17/h2-3,6,11H,4-5,7-8H2,1H3,(H2,18,19,22)/t11-/m0/s1. The first-order valence-corrected chi connectivity index (χ1v) is 7.26. The van der Waals surface area contributed by atoms with E-state index in [0.717, 1.165) is 0 Å². The molecule has 2 N–H and O–H groups in total. The molecular formula is C14H17F3N4O3. The number of nitrogens with zero attached hydrogens (tertiary/aromatic N) is 2. The molecule has 0 spiro atoms. The van der Waals surface area contributed by atoms with Crippen LogP contribution in [0.15, 0.2) is 18.2 Å². The highest BCUT2D eigenvalue weighted by molar-refractivity contribution is 5.89. The summed E-state index contributed by atoms with van der Waals surface area (Å²) in [6, 6.07) is 3.22. The maximum Gasteiger partial charge on any atom is 0.401 e.